The van der Waals surface area contributed by atoms with Gasteiger partial charge in [0.2, 0.25) is 0 Å². The van der Waals surface area contributed by atoms with Crippen molar-refractivity contribution in [3.05, 3.63) is 34.5 Å². The predicted octanol–water partition coefficient (Wildman–Crippen LogP) is 2.04. The van der Waals surface area contributed by atoms with Gasteiger partial charge in [-0.15, -0.1) is 11.3 Å². The molecule has 2 heterocycles. The van der Waals surface area contributed by atoms with E-state index in [1.165, 1.54) is 0 Å². The molecule has 78 valence electrons. The predicted molar refractivity (Wildman–Crippen MR) is 62.8 cm³/mol. The molecule has 0 saturated carbocycles. The highest BCUT2D eigenvalue weighted by Gasteiger charge is 1.98. The van der Waals surface area contributed by atoms with Gasteiger partial charge in [0.25, 0.3) is 0 Å². The van der Waals surface area contributed by atoms with Crippen LogP contribution in [-0.2, 0) is 6.54 Å². The molecule has 0 aliphatic carbocycles. The number of aromatic nitrogens is 2. The van der Waals surface area contributed by atoms with Crippen molar-refractivity contribution in [1.29, 1.82) is 0 Å². The molecule has 0 saturated heterocycles. The Morgan fingerprint density at radius 1 is 1.47 bits per heavy atom. The number of rotatable bonds is 3. The quantitative estimate of drug-likeness (QED) is 0.830. The summed E-state index contributed by atoms with van der Waals surface area (Å²) in [5, 5.41) is 6.32. The van der Waals surface area contributed by atoms with Gasteiger partial charge in [0.05, 0.1) is 24.1 Å². The molecular formula is C10H12N4S. The molecule has 3 N–H and O–H groups in total. The van der Waals surface area contributed by atoms with E-state index in [2.05, 4.69) is 15.3 Å². The van der Waals surface area contributed by atoms with E-state index in [-0.39, 0.29) is 0 Å². The molecule has 0 spiro atoms. The van der Waals surface area contributed by atoms with E-state index in [0.717, 1.165) is 16.4 Å². The van der Waals surface area contributed by atoms with Crippen molar-refractivity contribution in [2.75, 3.05) is 11.1 Å². The lowest BCUT2D eigenvalue weighted by Crippen LogP contribution is -2.00. The van der Waals surface area contributed by atoms with Gasteiger partial charge in [-0.05, 0) is 13.0 Å². The first-order chi connectivity index (χ1) is 7.24. The molecule has 5 heteroatoms. The van der Waals surface area contributed by atoms with Crippen molar-refractivity contribution in [1.82, 2.24) is 9.97 Å². The molecule has 0 amide bonds. The maximum absolute atomic E-state index is 5.62. The van der Waals surface area contributed by atoms with Crippen LogP contribution in [0.5, 0.6) is 0 Å². The summed E-state index contributed by atoms with van der Waals surface area (Å²) >= 11 is 1.65. The molecule has 0 fully saturated rings. The summed E-state index contributed by atoms with van der Waals surface area (Å²) < 4.78 is 0. The third kappa shape index (κ3) is 2.66. The first-order valence-electron chi connectivity index (χ1n) is 4.59. The maximum atomic E-state index is 5.62. The fourth-order valence-electron chi connectivity index (χ4n) is 1.22. The van der Waals surface area contributed by atoms with Crippen molar-refractivity contribution in [3.63, 3.8) is 0 Å². The zero-order chi connectivity index (χ0) is 10.7. The number of pyridine rings is 1. The van der Waals surface area contributed by atoms with Gasteiger partial charge in [-0.25, -0.2) is 4.98 Å². The summed E-state index contributed by atoms with van der Waals surface area (Å²) in [5.41, 5.74) is 8.26. The lowest BCUT2D eigenvalue weighted by molar-refractivity contribution is 1.07. The second-order valence-electron chi connectivity index (χ2n) is 3.24. The van der Waals surface area contributed by atoms with Crippen LogP contribution in [0.3, 0.4) is 0 Å². The summed E-state index contributed by atoms with van der Waals surface area (Å²) in [6, 6.07) is 1.85. The van der Waals surface area contributed by atoms with Gasteiger partial charge in [-0.2, -0.15) is 0 Å². The van der Waals surface area contributed by atoms with Crippen LogP contribution in [0.2, 0.25) is 0 Å². The second-order valence-corrected chi connectivity index (χ2v) is 4.19. The number of nitrogens with two attached hydrogens (primary N) is 1. The van der Waals surface area contributed by atoms with Gasteiger partial charge in [-0.3, -0.25) is 4.98 Å². The van der Waals surface area contributed by atoms with E-state index in [4.69, 9.17) is 5.73 Å². The highest BCUT2D eigenvalue weighted by molar-refractivity contribution is 7.09. The monoisotopic (exact) mass is 220 g/mol. The highest BCUT2D eigenvalue weighted by atomic mass is 32.1. The van der Waals surface area contributed by atoms with Crippen molar-refractivity contribution in [2.24, 2.45) is 0 Å². The summed E-state index contributed by atoms with van der Waals surface area (Å²) in [6.07, 6.45) is 3.37. The number of nitrogens with one attached hydrogen (secondary N) is 1. The normalized spacial score (nSPS) is 10.2. The number of thiazole rings is 1. The molecule has 2 aromatic heterocycles. The first-order valence-corrected chi connectivity index (χ1v) is 5.47. The van der Waals surface area contributed by atoms with Crippen LogP contribution in [0.15, 0.2) is 23.8 Å². The van der Waals surface area contributed by atoms with Crippen LogP contribution in [0.1, 0.15) is 10.7 Å². The Balaban J connectivity index is 1.99. The molecule has 0 unspecified atom stereocenters. The zero-order valence-electron chi connectivity index (χ0n) is 8.40. The third-order valence-electron chi connectivity index (χ3n) is 1.87. The van der Waals surface area contributed by atoms with Crippen LogP contribution in [-0.4, -0.2) is 9.97 Å². The Morgan fingerprint density at radius 2 is 2.33 bits per heavy atom. The Kier molecular flexibility index (Phi) is 2.82. The van der Waals surface area contributed by atoms with Crippen molar-refractivity contribution >= 4 is 22.7 Å². The van der Waals surface area contributed by atoms with Gasteiger partial charge in [-0.1, -0.05) is 0 Å². The van der Waals surface area contributed by atoms with Crippen molar-refractivity contribution in [3.8, 4) is 0 Å². The van der Waals surface area contributed by atoms with Crippen molar-refractivity contribution < 1.29 is 0 Å². The summed E-state index contributed by atoms with van der Waals surface area (Å²) in [4.78, 5) is 8.35. The second kappa shape index (κ2) is 4.27. The van der Waals surface area contributed by atoms with Crippen LogP contribution < -0.4 is 11.1 Å². The van der Waals surface area contributed by atoms with Gasteiger partial charge in [0.15, 0.2) is 0 Å². The van der Waals surface area contributed by atoms with Crippen LogP contribution >= 0.6 is 11.3 Å². The number of anilines is 2. The van der Waals surface area contributed by atoms with E-state index in [1.54, 1.807) is 23.7 Å². The number of nitrogen functional groups attached to an aromatic ring is 1. The largest absolute Gasteiger partial charge is 0.397 e. The summed E-state index contributed by atoms with van der Waals surface area (Å²) in [7, 11) is 0. The molecular weight excluding hydrogens is 208 g/mol. The zero-order valence-corrected chi connectivity index (χ0v) is 9.21. The van der Waals surface area contributed by atoms with Crippen LogP contribution in [0.4, 0.5) is 11.4 Å². The Labute approximate surface area is 92.2 Å². The van der Waals surface area contributed by atoms with Gasteiger partial charge < -0.3 is 11.1 Å². The SMILES string of the molecule is Cc1csc(CNc2cncc(N)c2)n1. The highest BCUT2D eigenvalue weighted by Crippen LogP contribution is 2.13. The molecule has 15 heavy (non-hydrogen) atoms. The lowest BCUT2D eigenvalue weighted by Gasteiger charge is -2.03. The minimum absolute atomic E-state index is 0.662. The lowest BCUT2D eigenvalue weighted by atomic mass is 10.4. The van der Waals surface area contributed by atoms with E-state index in [9.17, 15) is 0 Å². The summed E-state index contributed by atoms with van der Waals surface area (Å²) in [6.45, 7) is 2.70. The molecule has 2 aromatic rings. The minimum Gasteiger partial charge on any atom is -0.397 e. The van der Waals surface area contributed by atoms with E-state index in [1.807, 2.05) is 18.4 Å². The van der Waals surface area contributed by atoms with Crippen molar-refractivity contribution in [2.45, 2.75) is 13.5 Å². The topological polar surface area (TPSA) is 63.8 Å². The van der Waals surface area contributed by atoms with Crippen LogP contribution in [0, 0.1) is 6.92 Å². The molecule has 0 atom stereocenters. The minimum atomic E-state index is 0.662. The number of aryl methyl sites for hydroxylation is 1. The molecule has 0 aliphatic rings. The Hall–Kier alpha value is -1.62. The first kappa shape index (κ1) is 9.92. The molecule has 0 aliphatic heterocycles. The average molecular weight is 220 g/mol. The van der Waals surface area contributed by atoms with Gasteiger partial charge in [0, 0.05) is 17.3 Å². The van der Waals surface area contributed by atoms with Gasteiger partial charge in [0.1, 0.15) is 5.01 Å². The molecule has 2 rings (SSSR count). The molecule has 0 bridgehead atoms. The Bertz CT molecular complexity index is 452. The average Bonchev–Trinajstić information content (AvgIpc) is 2.62. The number of hydrogen-bond donors (Lipinski definition) is 2. The standard InChI is InChI=1S/C10H12N4S/c1-7-6-15-10(14-7)5-13-9-2-8(11)3-12-4-9/h2-4,6,13H,5,11H2,1H3. The van der Waals surface area contributed by atoms with Gasteiger partial charge >= 0.3 is 0 Å². The fraction of sp³-hybridized carbons (Fsp3) is 0.200. The van der Waals surface area contributed by atoms with Crippen LogP contribution in [0.25, 0.3) is 0 Å². The van der Waals surface area contributed by atoms with E-state index < -0.39 is 0 Å². The maximum Gasteiger partial charge on any atom is 0.112 e. The molecule has 0 aromatic carbocycles. The third-order valence-corrected chi connectivity index (χ3v) is 2.84. The smallest absolute Gasteiger partial charge is 0.112 e. The fourth-order valence-corrected chi connectivity index (χ4v) is 1.93. The Morgan fingerprint density at radius 3 is 3.00 bits per heavy atom. The van der Waals surface area contributed by atoms with E-state index in [0.29, 0.717) is 12.2 Å². The number of nitrogens with zero attached hydrogens (tertiary/aromatic N) is 2. The van der Waals surface area contributed by atoms with E-state index >= 15 is 0 Å². The molecule has 4 nitrogen and oxygen atoms in total. The number of hydrogen-bond acceptors (Lipinski definition) is 5. The summed E-state index contributed by atoms with van der Waals surface area (Å²) in [5.74, 6) is 0. The molecule has 0 radical (unpaired) electrons.